The average molecular weight is 275 g/mol. The van der Waals surface area contributed by atoms with Crippen molar-refractivity contribution in [2.24, 2.45) is 0 Å². The summed E-state index contributed by atoms with van der Waals surface area (Å²) in [6.07, 6.45) is 1.10. The topological polar surface area (TPSA) is 84.2 Å². The molecule has 20 heavy (non-hydrogen) atoms. The molecule has 106 valence electrons. The van der Waals surface area contributed by atoms with E-state index in [9.17, 15) is 9.59 Å². The Hall–Kier alpha value is -2.37. The van der Waals surface area contributed by atoms with Crippen molar-refractivity contribution in [2.45, 2.75) is 26.3 Å². The summed E-state index contributed by atoms with van der Waals surface area (Å²) in [4.78, 5) is 26.8. The van der Waals surface area contributed by atoms with Gasteiger partial charge >= 0.3 is 5.97 Å². The first-order chi connectivity index (χ1) is 9.56. The van der Waals surface area contributed by atoms with Gasteiger partial charge in [0.05, 0.1) is 16.6 Å². The van der Waals surface area contributed by atoms with Crippen LogP contribution in [-0.4, -0.2) is 33.6 Å². The van der Waals surface area contributed by atoms with Gasteiger partial charge in [0.1, 0.15) is 5.82 Å². The van der Waals surface area contributed by atoms with Crippen LogP contribution in [-0.2, 0) is 17.8 Å². The molecule has 1 aromatic carbocycles. The molecule has 0 aliphatic carbocycles. The summed E-state index contributed by atoms with van der Waals surface area (Å²) in [5.74, 6) is -0.146. The fourth-order valence-electron chi connectivity index (χ4n) is 2.17. The fraction of sp³-hybridized carbons (Fsp3) is 0.357. The number of hydrogen-bond acceptors (Lipinski definition) is 3. The number of hydrogen-bond donors (Lipinski definition) is 2. The molecule has 0 fully saturated rings. The highest BCUT2D eigenvalue weighted by Crippen LogP contribution is 2.19. The van der Waals surface area contributed by atoms with E-state index < -0.39 is 5.97 Å². The van der Waals surface area contributed by atoms with Gasteiger partial charge < -0.3 is 15.0 Å². The van der Waals surface area contributed by atoms with Crippen LogP contribution in [0.4, 0.5) is 0 Å². The minimum atomic E-state index is -0.968. The lowest BCUT2D eigenvalue weighted by Gasteiger charge is -2.07. The minimum Gasteiger partial charge on any atom is -0.478 e. The minimum absolute atomic E-state index is 0.0314. The number of carboxylic acid groups (broad SMARTS) is 1. The molecule has 0 unspecified atom stereocenters. The molecule has 0 atom stereocenters. The zero-order chi connectivity index (χ0) is 14.7. The quantitative estimate of drug-likeness (QED) is 0.864. The average Bonchev–Trinajstić information content (AvgIpc) is 2.81. The molecule has 2 aromatic rings. The second-order valence-corrected chi connectivity index (χ2v) is 4.47. The number of carbonyl (C=O) groups is 2. The monoisotopic (exact) mass is 275 g/mol. The highest BCUT2D eigenvalue weighted by Gasteiger charge is 2.12. The number of benzene rings is 1. The van der Waals surface area contributed by atoms with Crippen molar-refractivity contribution in [3.05, 3.63) is 29.6 Å². The van der Waals surface area contributed by atoms with Gasteiger partial charge in [-0.25, -0.2) is 9.78 Å². The maximum absolute atomic E-state index is 11.4. The highest BCUT2D eigenvalue weighted by atomic mass is 16.4. The van der Waals surface area contributed by atoms with Crippen molar-refractivity contribution in [1.82, 2.24) is 14.9 Å². The maximum Gasteiger partial charge on any atom is 0.335 e. The zero-order valence-electron chi connectivity index (χ0n) is 11.5. The molecule has 0 radical (unpaired) electrons. The Balaban J connectivity index is 2.41. The second kappa shape index (κ2) is 5.73. The summed E-state index contributed by atoms with van der Waals surface area (Å²) in [5.41, 5.74) is 1.73. The van der Waals surface area contributed by atoms with Gasteiger partial charge in [-0.05, 0) is 18.2 Å². The van der Waals surface area contributed by atoms with Crippen LogP contribution in [0.15, 0.2) is 18.2 Å². The van der Waals surface area contributed by atoms with Crippen molar-refractivity contribution in [1.29, 1.82) is 0 Å². The molecule has 2 N–H and O–H groups in total. The van der Waals surface area contributed by atoms with Gasteiger partial charge in [0.25, 0.3) is 0 Å². The van der Waals surface area contributed by atoms with Crippen LogP contribution in [0.3, 0.4) is 0 Å². The molecular formula is C14H17N3O3. The van der Waals surface area contributed by atoms with E-state index in [1.165, 1.54) is 0 Å². The van der Waals surface area contributed by atoms with Crippen LogP contribution in [0, 0.1) is 0 Å². The number of nitrogens with zero attached hydrogens (tertiary/aromatic N) is 2. The molecule has 6 nitrogen and oxygen atoms in total. The standard InChI is InChI=1S/C14H17N3O3/c1-3-12-16-10-8-9(14(19)20)4-5-11(10)17(12)7-6-13(18)15-2/h4-5,8H,3,6-7H2,1-2H3,(H,15,18)(H,19,20). The molecule has 0 bridgehead atoms. The van der Waals surface area contributed by atoms with Gasteiger partial charge in [-0.15, -0.1) is 0 Å². The van der Waals surface area contributed by atoms with Crippen molar-refractivity contribution in [3.8, 4) is 0 Å². The van der Waals surface area contributed by atoms with Crippen molar-refractivity contribution in [2.75, 3.05) is 7.05 Å². The molecule has 1 heterocycles. The van der Waals surface area contributed by atoms with Gasteiger partial charge in [-0.1, -0.05) is 6.92 Å². The summed E-state index contributed by atoms with van der Waals surface area (Å²) in [7, 11) is 1.61. The smallest absolute Gasteiger partial charge is 0.335 e. The predicted octanol–water partition coefficient (Wildman–Crippen LogP) is 1.43. The van der Waals surface area contributed by atoms with E-state index in [0.717, 1.165) is 17.8 Å². The van der Waals surface area contributed by atoms with Crippen LogP contribution >= 0.6 is 0 Å². The third-order valence-corrected chi connectivity index (χ3v) is 3.23. The maximum atomic E-state index is 11.4. The van der Waals surface area contributed by atoms with Crippen LogP contribution < -0.4 is 5.32 Å². The molecule has 2 rings (SSSR count). The number of fused-ring (bicyclic) bond motifs is 1. The van der Waals surface area contributed by atoms with Crippen molar-refractivity contribution in [3.63, 3.8) is 0 Å². The molecule has 6 heteroatoms. The summed E-state index contributed by atoms with van der Waals surface area (Å²) in [6, 6.07) is 4.87. The third kappa shape index (κ3) is 2.64. The van der Waals surface area contributed by atoms with Gasteiger partial charge in [0, 0.05) is 26.4 Å². The van der Waals surface area contributed by atoms with E-state index >= 15 is 0 Å². The van der Waals surface area contributed by atoms with Crippen LogP contribution in [0.25, 0.3) is 11.0 Å². The second-order valence-electron chi connectivity index (χ2n) is 4.47. The lowest BCUT2D eigenvalue weighted by molar-refractivity contribution is -0.120. The molecule has 0 aliphatic heterocycles. The van der Waals surface area contributed by atoms with Gasteiger partial charge in [-0.3, -0.25) is 4.79 Å². The zero-order valence-corrected chi connectivity index (χ0v) is 11.5. The van der Waals surface area contributed by atoms with Gasteiger partial charge in [0.15, 0.2) is 0 Å². The third-order valence-electron chi connectivity index (χ3n) is 3.23. The normalized spacial score (nSPS) is 10.7. The Morgan fingerprint density at radius 3 is 2.75 bits per heavy atom. The van der Waals surface area contributed by atoms with Crippen LogP contribution in [0.5, 0.6) is 0 Å². The predicted molar refractivity (Wildman–Crippen MR) is 74.8 cm³/mol. The Morgan fingerprint density at radius 1 is 1.40 bits per heavy atom. The fourth-order valence-corrected chi connectivity index (χ4v) is 2.17. The summed E-state index contributed by atoms with van der Waals surface area (Å²) in [6.45, 7) is 2.52. The Morgan fingerprint density at radius 2 is 2.15 bits per heavy atom. The van der Waals surface area contributed by atoms with E-state index in [1.807, 2.05) is 11.5 Å². The first kappa shape index (κ1) is 14.0. The highest BCUT2D eigenvalue weighted by molar-refractivity contribution is 5.92. The van der Waals surface area contributed by atoms with Crippen molar-refractivity contribution >= 4 is 22.9 Å². The van der Waals surface area contributed by atoms with Gasteiger partial charge in [-0.2, -0.15) is 0 Å². The summed E-state index contributed by atoms with van der Waals surface area (Å²) < 4.78 is 1.97. The number of rotatable bonds is 5. The van der Waals surface area contributed by atoms with E-state index in [0.29, 0.717) is 18.5 Å². The number of carboxylic acids is 1. The SMILES string of the molecule is CCc1nc2cc(C(=O)O)ccc2n1CCC(=O)NC. The number of aromatic nitrogens is 2. The largest absolute Gasteiger partial charge is 0.478 e. The lowest BCUT2D eigenvalue weighted by atomic mass is 10.2. The Kier molecular flexibility index (Phi) is 4.02. The molecule has 1 aromatic heterocycles. The molecule has 1 amide bonds. The molecule has 0 spiro atoms. The number of imidazole rings is 1. The number of aryl methyl sites for hydroxylation is 2. The molecule has 0 saturated heterocycles. The number of nitrogens with one attached hydrogen (secondary N) is 1. The van der Waals surface area contributed by atoms with Crippen LogP contribution in [0.2, 0.25) is 0 Å². The Bertz CT molecular complexity index is 661. The lowest BCUT2D eigenvalue weighted by Crippen LogP contribution is -2.20. The van der Waals surface area contributed by atoms with Crippen LogP contribution in [0.1, 0.15) is 29.5 Å². The van der Waals surface area contributed by atoms with Crippen molar-refractivity contribution < 1.29 is 14.7 Å². The first-order valence-electron chi connectivity index (χ1n) is 6.49. The molecule has 0 saturated carbocycles. The van der Waals surface area contributed by atoms with E-state index in [4.69, 9.17) is 5.11 Å². The van der Waals surface area contributed by atoms with E-state index in [1.54, 1.807) is 25.2 Å². The number of carbonyl (C=O) groups excluding carboxylic acids is 1. The number of aromatic carboxylic acids is 1. The van der Waals surface area contributed by atoms with Gasteiger partial charge in [0.2, 0.25) is 5.91 Å². The molecular weight excluding hydrogens is 258 g/mol. The van der Waals surface area contributed by atoms with E-state index in [-0.39, 0.29) is 11.5 Å². The number of amides is 1. The first-order valence-corrected chi connectivity index (χ1v) is 6.49. The van der Waals surface area contributed by atoms with E-state index in [2.05, 4.69) is 10.3 Å². The summed E-state index contributed by atoms with van der Waals surface area (Å²) in [5, 5.41) is 11.6. The Labute approximate surface area is 116 Å². The summed E-state index contributed by atoms with van der Waals surface area (Å²) >= 11 is 0. The molecule has 0 aliphatic rings.